The van der Waals surface area contributed by atoms with E-state index in [2.05, 4.69) is 32.2 Å². The molecule has 1 N–H and O–H groups in total. The minimum atomic E-state index is -2.59. The lowest BCUT2D eigenvalue weighted by atomic mass is 9.82. The molecule has 308 valence electrons. The van der Waals surface area contributed by atoms with E-state index in [0.717, 1.165) is 27.6 Å². The van der Waals surface area contributed by atoms with Crippen LogP contribution in [-0.2, 0) is 53.8 Å². The van der Waals surface area contributed by atoms with Crippen LogP contribution in [-0.4, -0.2) is 81.0 Å². The topological polar surface area (TPSA) is 135 Å². The van der Waals surface area contributed by atoms with Crippen molar-refractivity contribution in [1.29, 1.82) is 0 Å². The molecule has 1 spiro atoms. The third-order valence-electron chi connectivity index (χ3n) is 13.0. The third kappa shape index (κ3) is 6.88. The van der Waals surface area contributed by atoms with Crippen molar-refractivity contribution in [3.8, 4) is 11.5 Å². The van der Waals surface area contributed by atoms with Gasteiger partial charge in [-0.15, -0.1) is 0 Å². The average molecular weight is 818 g/mol. The Labute approximate surface area is 345 Å². The van der Waals surface area contributed by atoms with E-state index in [1.54, 1.807) is 30.1 Å². The summed E-state index contributed by atoms with van der Waals surface area (Å²) in [6.07, 6.45) is -0.634. The first-order chi connectivity index (χ1) is 28.3. The van der Waals surface area contributed by atoms with Gasteiger partial charge < -0.3 is 33.9 Å². The van der Waals surface area contributed by atoms with Crippen LogP contribution < -0.4 is 24.5 Å². The maximum Gasteiger partial charge on any atom is 0.304 e. The molecule has 3 amide bonds. The molecule has 4 aromatic rings. The fourth-order valence-electron chi connectivity index (χ4n) is 10.1. The van der Waals surface area contributed by atoms with E-state index in [1.165, 1.54) is 11.8 Å². The summed E-state index contributed by atoms with van der Waals surface area (Å²) in [6, 6.07) is 28.7. The van der Waals surface area contributed by atoms with Crippen molar-refractivity contribution in [2.45, 2.75) is 88.8 Å². The van der Waals surface area contributed by atoms with Gasteiger partial charge in [0.25, 0.3) is 5.91 Å². The standard InChI is InChI=1S/C46H51N3O9Si/c1-28-44(59(5,6)37-17-14-35(55-3)15-18-37)40(23-41(52)47-26-32-12-8-7-11-31(32)21-34(47)27-50)58-46(28)38-22-36(56-4)16-19-39(38)48(45(46)54)25-30-10-9-13-33(20-30)49-42(53)24-43(49)57-29(2)51/h7-20,22,28,34,40,43-44,50H,21,23-27H2,1-6H3/t28-,34-,40+,43?,44-,46+/m0/s1. The number of aliphatic hydroxyl groups excluding tert-OH is 1. The first kappa shape index (κ1) is 40.3. The molecule has 12 nitrogen and oxygen atoms in total. The minimum absolute atomic E-state index is 0.0317. The molecule has 0 bridgehead atoms. The van der Waals surface area contributed by atoms with Crippen LogP contribution in [0, 0.1) is 5.92 Å². The zero-order chi connectivity index (χ0) is 41.8. The Kier molecular flexibility index (Phi) is 10.6. The van der Waals surface area contributed by atoms with Crippen LogP contribution in [0.1, 0.15) is 48.9 Å². The van der Waals surface area contributed by atoms with Crippen LogP contribution >= 0.6 is 0 Å². The number of rotatable bonds is 11. The molecule has 4 aliphatic heterocycles. The van der Waals surface area contributed by atoms with Gasteiger partial charge in [-0.05, 0) is 71.1 Å². The second-order valence-electron chi connectivity index (χ2n) is 16.7. The largest absolute Gasteiger partial charge is 0.497 e. The molecule has 0 saturated carbocycles. The molecule has 59 heavy (non-hydrogen) atoms. The highest BCUT2D eigenvalue weighted by Gasteiger charge is 2.66. The van der Waals surface area contributed by atoms with Crippen molar-refractivity contribution in [3.05, 3.63) is 113 Å². The number of aliphatic hydroxyl groups is 1. The van der Waals surface area contributed by atoms with E-state index in [-0.39, 0.29) is 61.2 Å². The van der Waals surface area contributed by atoms with Crippen molar-refractivity contribution in [2.24, 2.45) is 5.92 Å². The lowest BCUT2D eigenvalue weighted by Gasteiger charge is -2.39. The number of benzene rings is 4. The van der Waals surface area contributed by atoms with Gasteiger partial charge in [-0.3, -0.25) is 24.1 Å². The predicted molar refractivity (Wildman–Crippen MR) is 224 cm³/mol. The Morgan fingerprint density at radius 2 is 1.61 bits per heavy atom. The number of carbonyl (C=O) groups excluding carboxylic acids is 4. The summed E-state index contributed by atoms with van der Waals surface area (Å²) in [4.78, 5) is 59.6. The molecular weight excluding hydrogens is 767 g/mol. The summed E-state index contributed by atoms with van der Waals surface area (Å²) >= 11 is 0. The zero-order valence-corrected chi connectivity index (χ0v) is 35.3. The van der Waals surface area contributed by atoms with Crippen molar-refractivity contribution in [3.63, 3.8) is 0 Å². The van der Waals surface area contributed by atoms with E-state index in [1.807, 2.05) is 72.8 Å². The highest BCUT2D eigenvalue weighted by molar-refractivity contribution is 6.91. The first-order valence-electron chi connectivity index (χ1n) is 20.2. The average Bonchev–Trinajstić information content (AvgIpc) is 3.65. The van der Waals surface area contributed by atoms with E-state index >= 15 is 4.79 Å². The number of carbonyl (C=O) groups is 4. The summed E-state index contributed by atoms with van der Waals surface area (Å²) in [7, 11) is 0.638. The van der Waals surface area contributed by atoms with Crippen LogP contribution in [0.2, 0.25) is 18.6 Å². The fourth-order valence-corrected chi connectivity index (χ4v) is 14.1. The van der Waals surface area contributed by atoms with Gasteiger partial charge in [0, 0.05) is 30.6 Å². The first-order valence-corrected chi connectivity index (χ1v) is 23.3. The number of β-lactam (4-membered cyclic amide) rings is 1. The number of anilines is 2. The monoisotopic (exact) mass is 817 g/mol. The summed E-state index contributed by atoms with van der Waals surface area (Å²) < 4.78 is 23.9. The van der Waals surface area contributed by atoms with Gasteiger partial charge in [0.2, 0.25) is 11.8 Å². The highest BCUT2D eigenvalue weighted by atomic mass is 28.3. The lowest BCUT2D eigenvalue weighted by Crippen LogP contribution is -2.54. The Balaban J connectivity index is 1.18. The van der Waals surface area contributed by atoms with Gasteiger partial charge in [-0.1, -0.05) is 73.7 Å². The maximum absolute atomic E-state index is 15.5. The molecule has 0 aromatic heterocycles. The Morgan fingerprint density at radius 3 is 2.29 bits per heavy atom. The summed E-state index contributed by atoms with van der Waals surface area (Å²) in [5.41, 5.74) is 3.21. The molecule has 4 heterocycles. The van der Waals surface area contributed by atoms with Crippen LogP contribution in [0.4, 0.5) is 11.4 Å². The number of nitrogens with zero attached hydrogens (tertiary/aromatic N) is 3. The van der Waals surface area contributed by atoms with Crippen LogP contribution in [0.25, 0.3) is 0 Å². The number of amides is 3. The van der Waals surface area contributed by atoms with Crippen molar-refractivity contribution in [1.82, 2.24) is 4.90 Å². The number of hydrogen-bond acceptors (Lipinski definition) is 9. The van der Waals surface area contributed by atoms with Crippen LogP contribution in [0.5, 0.6) is 11.5 Å². The molecule has 6 atom stereocenters. The van der Waals surface area contributed by atoms with Crippen LogP contribution in [0.3, 0.4) is 0 Å². The quantitative estimate of drug-likeness (QED) is 0.120. The van der Waals surface area contributed by atoms with Crippen molar-refractivity contribution >= 4 is 48.3 Å². The number of ether oxygens (including phenoxy) is 4. The predicted octanol–water partition coefficient (Wildman–Crippen LogP) is 5.43. The third-order valence-corrected chi connectivity index (χ3v) is 17.4. The van der Waals surface area contributed by atoms with Gasteiger partial charge >= 0.3 is 5.97 Å². The van der Waals surface area contributed by atoms with Gasteiger partial charge in [0.1, 0.15) is 11.5 Å². The smallest absolute Gasteiger partial charge is 0.304 e. The van der Waals surface area contributed by atoms with Crippen molar-refractivity contribution < 1.29 is 43.2 Å². The molecule has 0 aliphatic carbocycles. The molecule has 2 saturated heterocycles. The SMILES string of the molecule is COc1ccc([Si](C)(C)[C@@H]2[C@@H](CC(=O)N3Cc4ccccc4C[C@H]3CO)O[C@]3(C(=O)N(Cc4cccc(N5C(=O)CC5OC(C)=O)c4)c4ccc(OC)cc43)[C@H]2C)cc1. The molecule has 4 aromatic carbocycles. The van der Waals surface area contributed by atoms with Crippen LogP contribution in [0.15, 0.2) is 91.0 Å². The molecule has 0 radical (unpaired) electrons. The second kappa shape index (κ2) is 15.6. The van der Waals surface area contributed by atoms with Crippen molar-refractivity contribution in [2.75, 3.05) is 30.6 Å². The fraction of sp³-hybridized carbons (Fsp3) is 0.391. The zero-order valence-electron chi connectivity index (χ0n) is 34.3. The number of hydrogen-bond donors (Lipinski definition) is 1. The minimum Gasteiger partial charge on any atom is -0.497 e. The van der Waals surface area contributed by atoms with E-state index in [0.29, 0.717) is 35.7 Å². The Bertz CT molecular complexity index is 2300. The molecule has 8 rings (SSSR count). The number of methoxy groups -OCH3 is 2. The molecule has 1 unspecified atom stereocenters. The van der Waals surface area contributed by atoms with Gasteiger partial charge in [-0.2, -0.15) is 0 Å². The van der Waals surface area contributed by atoms with Gasteiger partial charge in [0.15, 0.2) is 11.8 Å². The molecule has 2 fully saturated rings. The van der Waals surface area contributed by atoms with Gasteiger partial charge in [0.05, 0.1) is 66.1 Å². The highest BCUT2D eigenvalue weighted by Crippen LogP contribution is 2.60. The normalized spacial score (nSPS) is 24.8. The lowest BCUT2D eigenvalue weighted by molar-refractivity contribution is -0.154. The molecular formula is C46H51N3O9Si. The molecule has 13 heteroatoms. The summed E-state index contributed by atoms with van der Waals surface area (Å²) in [6.45, 7) is 8.33. The number of fused-ring (bicyclic) bond motifs is 3. The maximum atomic E-state index is 15.5. The van der Waals surface area contributed by atoms with E-state index in [9.17, 15) is 19.5 Å². The summed E-state index contributed by atoms with van der Waals surface area (Å²) in [5.74, 6) is -0.0672. The van der Waals surface area contributed by atoms with E-state index in [4.69, 9.17) is 18.9 Å². The Morgan fingerprint density at radius 1 is 0.898 bits per heavy atom. The number of esters is 1. The summed E-state index contributed by atoms with van der Waals surface area (Å²) in [5, 5.41) is 11.7. The van der Waals surface area contributed by atoms with E-state index < -0.39 is 32.0 Å². The Hall–Kier alpha value is -5.50. The second-order valence-corrected chi connectivity index (χ2v) is 21.4. The van der Waals surface area contributed by atoms with Gasteiger partial charge in [-0.25, -0.2) is 0 Å². The molecule has 4 aliphatic rings.